The van der Waals surface area contributed by atoms with Gasteiger partial charge >= 0.3 is 0 Å². The Hall–Kier alpha value is -1.56. The third kappa shape index (κ3) is 3.45. The summed E-state index contributed by atoms with van der Waals surface area (Å²) in [4.78, 5) is 11.8. The molecule has 6 heteroatoms. The number of nitrogen functional groups attached to an aromatic ring is 1. The van der Waals surface area contributed by atoms with Crippen LogP contribution in [0.3, 0.4) is 0 Å². The van der Waals surface area contributed by atoms with E-state index in [0.29, 0.717) is 0 Å². The predicted octanol–water partition coefficient (Wildman–Crippen LogP) is 0.811. The molecule has 1 rings (SSSR count). The molecule has 0 aromatic heterocycles. The molecule has 0 unspecified atom stereocenters. The second-order valence-corrected chi connectivity index (χ2v) is 6.17. The third-order valence-corrected chi connectivity index (χ3v) is 3.23. The van der Waals surface area contributed by atoms with Crippen LogP contribution in [0.4, 0.5) is 5.69 Å². The van der Waals surface area contributed by atoms with Crippen molar-refractivity contribution < 1.29 is 13.2 Å². The number of benzene rings is 1. The Morgan fingerprint density at radius 3 is 2.35 bits per heavy atom. The zero-order chi connectivity index (χ0) is 13.2. The fourth-order valence-electron chi connectivity index (χ4n) is 1.32. The molecule has 0 heterocycles. The van der Waals surface area contributed by atoms with E-state index in [0.717, 1.165) is 6.26 Å². The highest BCUT2D eigenvalue weighted by Gasteiger charge is 2.14. The van der Waals surface area contributed by atoms with Crippen molar-refractivity contribution >= 4 is 21.4 Å². The number of hydrogen-bond donors (Lipinski definition) is 2. The first-order valence-corrected chi connectivity index (χ1v) is 7.01. The fraction of sp³-hybridized carbons (Fsp3) is 0.364. The maximum Gasteiger partial charge on any atom is 0.253 e. The van der Waals surface area contributed by atoms with Gasteiger partial charge in [0.25, 0.3) is 5.91 Å². The van der Waals surface area contributed by atoms with Gasteiger partial charge in [-0.05, 0) is 32.0 Å². The average Bonchev–Trinajstić information content (AvgIpc) is 2.14. The van der Waals surface area contributed by atoms with Crippen molar-refractivity contribution in [1.29, 1.82) is 0 Å². The van der Waals surface area contributed by atoms with Crippen LogP contribution in [-0.4, -0.2) is 26.6 Å². The summed E-state index contributed by atoms with van der Waals surface area (Å²) >= 11 is 0. The quantitative estimate of drug-likeness (QED) is 0.783. The van der Waals surface area contributed by atoms with Gasteiger partial charge in [-0.3, -0.25) is 4.79 Å². The number of carbonyl (C=O) groups is 1. The summed E-state index contributed by atoms with van der Waals surface area (Å²) in [5, 5.41) is 2.69. The van der Waals surface area contributed by atoms with E-state index in [2.05, 4.69) is 5.32 Å². The van der Waals surface area contributed by atoms with Crippen molar-refractivity contribution in [3.05, 3.63) is 23.8 Å². The van der Waals surface area contributed by atoms with Crippen LogP contribution in [0.1, 0.15) is 24.2 Å². The van der Waals surface area contributed by atoms with E-state index in [9.17, 15) is 13.2 Å². The average molecular weight is 256 g/mol. The SMILES string of the molecule is CC(C)NC(=O)c1ccc(S(C)(=O)=O)cc1N. The van der Waals surface area contributed by atoms with Crippen LogP contribution in [0.2, 0.25) is 0 Å². The Labute approximate surface area is 101 Å². The highest BCUT2D eigenvalue weighted by molar-refractivity contribution is 7.90. The predicted molar refractivity (Wildman–Crippen MR) is 66.6 cm³/mol. The zero-order valence-electron chi connectivity index (χ0n) is 10.0. The number of nitrogens with two attached hydrogens (primary N) is 1. The van der Waals surface area contributed by atoms with E-state index in [1.807, 2.05) is 13.8 Å². The van der Waals surface area contributed by atoms with Gasteiger partial charge in [-0.15, -0.1) is 0 Å². The number of hydrogen-bond acceptors (Lipinski definition) is 4. The van der Waals surface area contributed by atoms with Crippen LogP contribution in [-0.2, 0) is 9.84 Å². The summed E-state index contributed by atoms with van der Waals surface area (Å²) in [5.74, 6) is -0.308. The standard InChI is InChI=1S/C11H16N2O3S/c1-7(2)13-11(14)9-5-4-8(6-10(9)12)17(3,15)16/h4-7H,12H2,1-3H3,(H,13,14). The highest BCUT2D eigenvalue weighted by atomic mass is 32.2. The van der Waals surface area contributed by atoms with Gasteiger partial charge in [0, 0.05) is 18.0 Å². The summed E-state index contributed by atoms with van der Waals surface area (Å²) in [6.07, 6.45) is 1.09. The van der Waals surface area contributed by atoms with E-state index >= 15 is 0 Å². The van der Waals surface area contributed by atoms with Crippen LogP contribution in [0.25, 0.3) is 0 Å². The fourth-order valence-corrected chi connectivity index (χ4v) is 1.97. The minimum atomic E-state index is -3.30. The Bertz CT molecular complexity index is 536. The lowest BCUT2D eigenvalue weighted by molar-refractivity contribution is 0.0944. The van der Waals surface area contributed by atoms with Gasteiger partial charge in [0.15, 0.2) is 9.84 Å². The molecule has 1 aromatic rings. The van der Waals surface area contributed by atoms with Gasteiger partial charge < -0.3 is 11.1 Å². The van der Waals surface area contributed by atoms with Gasteiger partial charge in [-0.2, -0.15) is 0 Å². The molecule has 0 saturated heterocycles. The van der Waals surface area contributed by atoms with Crippen LogP contribution >= 0.6 is 0 Å². The summed E-state index contributed by atoms with van der Waals surface area (Å²) in [6.45, 7) is 3.66. The molecule has 3 N–H and O–H groups in total. The molecule has 1 amide bonds. The minimum absolute atomic E-state index is 0.00326. The molecule has 94 valence electrons. The molecule has 0 bridgehead atoms. The van der Waals surface area contributed by atoms with Gasteiger partial charge in [-0.1, -0.05) is 0 Å². The van der Waals surface area contributed by atoms with E-state index in [1.54, 1.807) is 0 Å². The second-order valence-electron chi connectivity index (χ2n) is 4.15. The van der Waals surface area contributed by atoms with Gasteiger partial charge in [-0.25, -0.2) is 8.42 Å². The molecular formula is C11H16N2O3S. The summed E-state index contributed by atoms with van der Waals surface area (Å²) < 4.78 is 22.6. The zero-order valence-corrected chi connectivity index (χ0v) is 10.8. The molecule has 0 aliphatic carbocycles. The Morgan fingerprint density at radius 1 is 1.35 bits per heavy atom. The topological polar surface area (TPSA) is 89.3 Å². The van der Waals surface area contributed by atoms with Crippen LogP contribution < -0.4 is 11.1 Å². The van der Waals surface area contributed by atoms with E-state index in [-0.39, 0.29) is 28.1 Å². The van der Waals surface area contributed by atoms with Crippen molar-refractivity contribution in [1.82, 2.24) is 5.32 Å². The molecule has 0 radical (unpaired) electrons. The minimum Gasteiger partial charge on any atom is -0.398 e. The number of amides is 1. The maximum absolute atomic E-state index is 11.7. The molecule has 0 aliphatic heterocycles. The molecule has 0 atom stereocenters. The van der Waals surface area contributed by atoms with Crippen molar-refractivity contribution in [2.24, 2.45) is 0 Å². The van der Waals surface area contributed by atoms with Crippen molar-refractivity contribution in [3.63, 3.8) is 0 Å². The van der Waals surface area contributed by atoms with Crippen LogP contribution in [0.5, 0.6) is 0 Å². The highest BCUT2D eigenvalue weighted by Crippen LogP contribution is 2.18. The number of carbonyl (C=O) groups excluding carboxylic acids is 1. The normalized spacial score (nSPS) is 11.5. The number of sulfone groups is 1. The largest absolute Gasteiger partial charge is 0.398 e. The van der Waals surface area contributed by atoms with E-state index in [1.165, 1.54) is 18.2 Å². The summed E-state index contributed by atoms with van der Waals surface area (Å²) in [5.41, 5.74) is 6.11. The molecule has 17 heavy (non-hydrogen) atoms. The van der Waals surface area contributed by atoms with Gasteiger partial charge in [0.05, 0.1) is 10.5 Å². The maximum atomic E-state index is 11.7. The molecule has 1 aromatic carbocycles. The molecule has 0 aliphatic rings. The Kier molecular flexibility index (Phi) is 3.77. The second kappa shape index (κ2) is 4.75. The van der Waals surface area contributed by atoms with Gasteiger partial charge in [0.1, 0.15) is 0 Å². The van der Waals surface area contributed by atoms with Gasteiger partial charge in [0.2, 0.25) is 0 Å². The third-order valence-electron chi connectivity index (χ3n) is 2.12. The molecule has 0 fully saturated rings. The van der Waals surface area contributed by atoms with Crippen molar-refractivity contribution in [2.75, 3.05) is 12.0 Å². The lowest BCUT2D eigenvalue weighted by atomic mass is 10.1. The Balaban J connectivity index is 3.11. The monoisotopic (exact) mass is 256 g/mol. The van der Waals surface area contributed by atoms with Crippen LogP contribution in [0.15, 0.2) is 23.1 Å². The molecule has 0 saturated carbocycles. The molecule has 5 nitrogen and oxygen atoms in total. The van der Waals surface area contributed by atoms with E-state index < -0.39 is 9.84 Å². The smallest absolute Gasteiger partial charge is 0.253 e. The summed E-state index contributed by atoms with van der Waals surface area (Å²) in [6, 6.07) is 4.09. The number of nitrogens with one attached hydrogen (secondary N) is 1. The lowest BCUT2D eigenvalue weighted by Gasteiger charge is -2.10. The van der Waals surface area contributed by atoms with Crippen LogP contribution in [0, 0.1) is 0 Å². The lowest BCUT2D eigenvalue weighted by Crippen LogP contribution is -2.30. The molecule has 0 spiro atoms. The van der Waals surface area contributed by atoms with Crippen molar-refractivity contribution in [2.45, 2.75) is 24.8 Å². The number of anilines is 1. The molecular weight excluding hydrogens is 240 g/mol. The Morgan fingerprint density at radius 2 is 1.94 bits per heavy atom. The van der Waals surface area contributed by atoms with E-state index in [4.69, 9.17) is 5.73 Å². The number of rotatable bonds is 3. The van der Waals surface area contributed by atoms with Crippen molar-refractivity contribution in [3.8, 4) is 0 Å². The summed E-state index contributed by atoms with van der Waals surface area (Å²) in [7, 11) is -3.30. The first-order chi connectivity index (χ1) is 7.71. The first kappa shape index (κ1) is 13.5. The first-order valence-electron chi connectivity index (χ1n) is 5.12.